The Hall–Kier alpha value is -1.26. The first-order chi connectivity index (χ1) is 8.38. The van der Waals surface area contributed by atoms with Crippen molar-refractivity contribution in [3.05, 3.63) is 52.1 Å². The maximum atomic E-state index is 12.4. The molecule has 2 aromatic rings. The Morgan fingerprint density at radius 1 is 1.00 bits per heavy atom. The third-order valence-corrected chi connectivity index (χ3v) is 2.83. The van der Waals surface area contributed by atoms with E-state index in [1.165, 1.54) is 0 Å². The van der Waals surface area contributed by atoms with Crippen LogP contribution in [0.5, 0.6) is 0 Å². The third-order valence-electron chi connectivity index (χ3n) is 2.29. The molecule has 0 radical (unpaired) electrons. The highest BCUT2D eigenvalue weighted by Crippen LogP contribution is 2.34. The SMILES string of the molecule is FC(F)(F)c1cnc(-c2ccc(Cl)cc2)c(Cl)c1. The van der Waals surface area contributed by atoms with Crippen LogP contribution in [0.15, 0.2) is 36.5 Å². The van der Waals surface area contributed by atoms with E-state index in [1.54, 1.807) is 24.3 Å². The molecule has 0 unspecified atom stereocenters. The summed E-state index contributed by atoms with van der Waals surface area (Å²) < 4.78 is 37.3. The summed E-state index contributed by atoms with van der Waals surface area (Å²) in [4.78, 5) is 3.75. The van der Waals surface area contributed by atoms with Crippen molar-refractivity contribution in [1.29, 1.82) is 0 Å². The first kappa shape index (κ1) is 13.2. The van der Waals surface area contributed by atoms with Crippen LogP contribution in [0.1, 0.15) is 5.56 Å². The van der Waals surface area contributed by atoms with Gasteiger partial charge in [-0.05, 0) is 18.2 Å². The molecule has 1 aromatic heterocycles. The topological polar surface area (TPSA) is 12.9 Å². The lowest BCUT2D eigenvalue weighted by atomic mass is 10.1. The number of alkyl halides is 3. The van der Waals surface area contributed by atoms with Gasteiger partial charge in [-0.1, -0.05) is 35.3 Å². The summed E-state index contributed by atoms with van der Waals surface area (Å²) in [6, 6.07) is 7.38. The standard InChI is InChI=1S/C12H6Cl2F3N/c13-9-3-1-7(2-4-9)11-10(14)5-8(6-18-11)12(15,16)17/h1-6H. The van der Waals surface area contributed by atoms with Crippen LogP contribution < -0.4 is 0 Å². The number of hydrogen-bond acceptors (Lipinski definition) is 1. The van der Waals surface area contributed by atoms with Crippen LogP contribution in [0.25, 0.3) is 11.3 Å². The minimum atomic E-state index is -4.45. The number of rotatable bonds is 1. The van der Waals surface area contributed by atoms with Crippen molar-refractivity contribution in [1.82, 2.24) is 4.98 Å². The number of pyridine rings is 1. The van der Waals surface area contributed by atoms with Crippen molar-refractivity contribution in [3.8, 4) is 11.3 Å². The highest BCUT2D eigenvalue weighted by molar-refractivity contribution is 6.33. The molecule has 0 aliphatic rings. The first-order valence-corrected chi connectivity index (χ1v) is 5.62. The number of benzene rings is 1. The van der Waals surface area contributed by atoms with E-state index in [2.05, 4.69) is 4.98 Å². The van der Waals surface area contributed by atoms with Gasteiger partial charge in [0.25, 0.3) is 0 Å². The molecular formula is C12H6Cl2F3N. The van der Waals surface area contributed by atoms with E-state index in [9.17, 15) is 13.2 Å². The lowest BCUT2D eigenvalue weighted by molar-refractivity contribution is -0.137. The molecule has 0 aliphatic carbocycles. The van der Waals surface area contributed by atoms with E-state index >= 15 is 0 Å². The lowest BCUT2D eigenvalue weighted by Crippen LogP contribution is -2.05. The van der Waals surface area contributed by atoms with E-state index < -0.39 is 11.7 Å². The second-order valence-electron chi connectivity index (χ2n) is 3.56. The van der Waals surface area contributed by atoms with Crippen LogP contribution in [-0.2, 0) is 6.18 Å². The minimum absolute atomic E-state index is 0.0489. The zero-order valence-electron chi connectivity index (χ0n) is 8.80. The van der Waals surface area contributed by atoms with Crippen molar-refractivity contribution < 1.29 is 13.2 Å². The molecule has 94 valence electrons. The molecule has 0 N–H and O–H groups in total. The summed E-state index contributed by atoms with van der Waals surface area (Å²) in [6.45, 7) is 0. The normalized spacial score (nSPS) is 11.6. The van der Waals surface area contributed by atoms with Gasteiger partial charge in [0, 0.05) is 16.8 Å². The molecule has 0 amide bonds. The van der Waals surface area contributed by atoms with Gasteiger partial charge in [0.15, 0.2) is 0 Å². The Morgan fingerprint density at radius 2 is 1.61 bits per heavy atom. The van der Waals surface area contributed by atoms with Gasteiger partial charge in [0.05, 0.1) is 16.3 Å². The predicted octanol–water partition coefficient (Wildman–Crippen LogP) is 5.07. The van der Waals surface area contributed by atoms with Crippen molar-refractivity contribution in [3.63, 3.8) is 0 Å². The summed E-state index contributed by atoms with van der Waals surface area (Å²) in [6.07, 6.45) is -3.69. The van der Waals surface area contributed by atoms with E-state index in [0.29, 0.717) is 16.3 Å². The lowest BCUT2D eigenvalue weighted by Gasteiger charge is -2.09. The summed E-state index contributed by atoms with van der Waals surface area (Å²) in [5.74, 6) is 0. The fourth-order valence-electron chi connectivity index (χ4n) is 1.41. The molecule has 18 heavy (non-hydrogen) atoms. The molecule has 1 nitrogen and oxygen atoms in total. The fourth-order valence-corrected chi connectivity index (χ4v) is 1.81. The molecule has 2 rings (SSSR count). The highest BCUT2D eigenvalue weighted by Gasteiger charge is 2.31. The van der Waals surface area contributed by atoms with Crippen LogP contribution in [-0.4, -0.2) is 4.98 Å². The molecule has 0 saturated carbocycles. The van der Waals surface area contributed by atoms with Gasteiger partial charge in [-0.25, -0.2) is 0 Å². The van der Waals surface area contributed by atoms with Crippen molar-refractivity contribution in [2.45, 2.75) is 6.18 Å². The van der Waals surface area contributed by atoms with Gasteiger partial charge in [-0.2, -0.15) is 13.2 Å². The zero-order chi connectivity index (χ0) is 13.3. The van der Waals surface area contributed by atoms with Gasteiger partial charge in [-0.15, -0.1) is 0 Å². The van der Waals surface area contributed by atoms with Gasteiger partial charge < -0.3 is 0 Å². The monoisotopic (exact) mass is 291 g/mol. The van der Waals surface area contributed by atoms with Crippen LogP contribution in [0.4, 0.5) is 13.2 Å². The zero-order valence-corrected chi connectivity index (χ0v) is 10.3. The fraction of sp³-hybridized carbons (Fsp3) is 0.0833. The highest BCUT2D eigenvalue weighted by atomic mass is 35.5. The van der Waals surface area contributed by atoms with Gasteiger partial charge in [-0.3, -0.25) is 4.98 Å². The van der Waals surface area contributed by atoms with Crippen molar-refractivity contribution in [2.75, 3.05) is 0 Å². The predicted molar refractivity (Wildman–Crippen MR) is 64.7 cm³/mol. The number of hydrogen-bond donors (Lipinski definition) is 0. The molecule has 0 bridgehead atoms. The first-order valence-electron chi connectivity index (χ1n) is 4.86. The summed E-state index contributed by atoms with van der Waals surface area (Å²) in [7, 11) is 0. The van der Waals surface area contributed by atoms with Crippen molar-refractivity contribution in [2.24, 2.45) is 0 Å². The van der Waals surface area contributed by atoms with E-state index in [-0.39, 0.29) is 5.02 Å². The number of halogens is 5. The van der Waals surface area contributed by atoms with Gasteiger partial charge >= 0.3 is 6.18 Å². The summed E-state index contributed by atoms with van der Waals surface area (Å²) >= 11 is 11.5. The average Bonchev–Trinajstić information content (AvgIpc) is 2.29. The van der Waals surface area contributed by atoms with Crippen LogP contribution in [0.3, 0.4) is 0 Å². The molecule has 6 heteroatoms. The Balaban J connectivity index is 2.45. The largest absolute Gasteiger partial charge is 0.417 e. The molecular weight excluding hydrogens is 286 g/mol. The molecule has 1 heterocycles. The average molecular weight is 292 g/mol. The molecule has 0 spiro atoms. The Bertz CT molecular complexity index is 565. The van der Waals surface area contributed by atoms with Gasteiger partial charge in [0.1, 0.15) is 0 Å². The van der Waals surface area contributed by atoms with Crippen LogP contribution in [0.2, 0.25) is 10.0 Å². The summed E-state index contributed by atoms with van der Waals surface area (Å²) in [5, 5.41) is 0.480. The smallest absolute Gasteiger partial charge is 0.254 e. The van der Waals surface area contributed by atoms with E-state index in [4.69, 9.17) is 23.2 Å². The second kappa shape index (κ2) is 4.78. The van der Waals surface area contributed by atoms with E-state index in [1.807, 2.05) is 0 Å². The maximum Gasteiger partial charge on any atom is 0.417 e. The Kier molecular flexibility index (Phi) is 3.50. The Labute approximate surface area is 111 Å². The maximum absolute atomic E-state index is 12.4. The molecule has 1 aromatic carbocycles. The number of aromatic nitrogens is 1. The van der Waals surface area contributed by atoms with Crippen molar-refractivity contribution >= 4 is 23.2 Å². The minimum Gasteiger partial charge on any atom is -0.254 e. The molecule has 0 atom stereocenters. The quantitative estimate of drug-likeness (QED) is 0.714. The van der Waals surface area contributed by atoms with Crippen LogP contribution in [0, 0.1) is 0 Å². The molecule has 0 aliphatic heterocycles. The third kappa shape index (κ3) is 2.76. The molecule has 0 saturated heterocycles. The second-order valence-corrected chi connectivity index (χ2v) is 4.40. The summed E-state index contributed by atoms with van der Waals surface area (Å²) in [5.41, 5.74) is 0.0321. The van der Waals surface area contributed by atoms with E-state index in [0.717, 1.165) is 12.3 Å². The molecule has 0 fully saturated rings. The van der Waals surface area contributed by atoms with Crippen LogP contribution >= 0.6 is 23.2 Å². The number of nitrogens with zero attached hydrogens (tertiary/aromatic N) is 1. The Morgan fingerprint density at radius 3 is 2.11 bits per heavy atom. The van der Waals surface area contributed by atoms with Gasteiger partial charge in [0.2, 0.25) is 0 Å².